The predicted molar refractivity (Wildman–Crippen MR) is 65.5 cm³/mol. The fourth-order valence-corrected chi connectivity index (χ4v) is 2.68. The highest BCUT2D eigenvalue weighted by molar-refractivity contribution is 5.85. The first-order valence-electron chi connectivity index (χ1n) is 5.95. The van der Waals surface area contributed by atoms with E-state index < -0.39 is 11.5 Å². The van der Waals surface area contributed by atoms with Crippen molar-refractivity contribution in [2.24, 2.45) is 16.7 Å². The molecule has 0 radical (unpaired) electrons. The number of carbonyl (C=O) groups excluding carboxylic acids is 1. The number of carboxylic acids is 1. The molecule has 0 aliphatic heterocycles. The van der Waals surface area contributed by atoms with Gasteiger partial charge in [0.1, 0.15) is 0 Å². The Kier molecular flexibility index (Phi) is 3.06. The summed E-state index contributed by atoms with van der Waals surface area (Å²) in [5.41, 5.74) is -0.732. The molecular formula is C13H23NO3. The molecule has 1 aliphatic rings. The van der Waals surface area contributed by atoms with Crippen LogP contribution in [0.5, 0.6) is 0 Å². The molecule has 1 amide bonds. The summed E-state index contributed by atoms with van der Waals surface area (Å²) in [6.45, 7) is 11.8. The molecule has 98 valence electrons. The summed E-state index contributed by atoms with van der Waals surface area (Å²) in [4.78, 5) is 22.8. The Balaban J connectivity index is 2.67. The standard InChI is InChI=1S/C13H23NO3/c1-11(2,7-8(15)16)14-10(17)9-12(3,4)13(9,5)6/h9H,7H2,1-6H3,(H,14,17)(H,15,16). The van der Waals surface area contributed by atoms with Gasteiger partial charge in [0.05, 0.1) is 6.42 Å². The van der Waals surface area contributed by atoms with Crippen molar-refractivity contribution in [1.29, 1.82) is 0 Å². The highest BCUT2D eigenvalue weighted by atomic mass is 16.4. The number of aliphatic carboxylic acids is 1. The summed E-state index contributed by atoms with van der Waals surface area (Å²) in [7, 11) is 0. The lowest BCUT2D eigenvalue weighted by Crippen LogP contribution is -2.46. The number of hydrogen-bond acceptors (Lipinski definition) is 2. The van der Waals surface area contributed by atoms with Crippen molar-refractivity contribution < 1.29 is 14.7 Å². The Morgan fingerprint density at radius 2 is 1.59 bits per heavy atom. The van der Waals surface area contributed by atoms with E-state index >= 15 is 0 Å². The summed E-state index contributed by atoms with van der Waals surface area (Å²) < 4.78 is 0. The fourth-order valence-electron chi connectivity index (χ4n) is 2.68. The van der Waals surface area contributed by atoms with Gasteiger partial charge in [-0.3, -0.25) is 9.59 Å². The van der Waals surface area contributed by atoms with Crippen molar-refractivity contribution in [1.82, 2.24) is 5.32 Å². The van der Waals surface area contributed by atoms with Crippen LogP contribution in [0.4, 0.5) is 0 Å². The molecule has 0 aromatic rings. The molecule has 0 saturated heterocycles. The number of amides is 1. The smallest absolute Gasteiger partial charge is 0.305 e. The van der Waals surface area contributed by atoms with Gasteiger partial charge in [-0.25, -0.2) is 0 Å². The third-order valence-corrected chi connectivity index (χ3v) is 4.34. The summed E-state index contributed by atoms with van der Waals surface area (Å²) >= 11 is 0. The van der Waals surface area contributed by atoms with E-state index in [1.165, 1.54) is 0 Å². The Morgan fingerprint density at radius 1 is 1.18 bits per heavy atom. The lowest BCUT2D eigenvalue weighted by molar-refractivity contribution is -0.138. The van der Waals surface area contributed by atoms with Crippen LogP contribution in [0.3, 0.4) is 0 Å². The Hall–Kier alpha value is -1.06. The van der Waals surface area contributed by atoms with Crippen LogP contribution in [-0.2, 0) is 9.59 Å². The third-order valence-electron chi connectivity index (χ3n) is 4.34. The first-order valence-corrected chi connectivity index (χ1v) is 5.95. The molecule has 4 nitrogen and oxygen atoms in total. The van der Waals surface area contributed by atoms with Crippen molar-refractivity contribution in [3.05, 3.63) is 0 Å². The summed E-state index contributed by atoms with van der Waals surface area (Å²) in [5, 5.41) is 11.6. The number of rotatable bonds is 4. The van der Waals surface area contributed by atoms with Crippen molar-refractivity contribution in [2.45, 2.75) is 53.5 Å². The van der Waals surface area contributed by atoms with Crippen LogP contribution in [-0.4, -0.2) is 22.5 Å². The second-order valence-corrected chi connectivity index (χ2v) is 6.82. The van der Waals surface area contributed by atoms with Gasteiger partial charge >= 0.3 is 5.97 Å². The lowest BCUT2D eigenvalue weighted by atomic mass is 10.00. The largest absolute Gasteiger partial charge is 0.481 e. The van der Waals surface area contributed by atoms with Crippen LogP contribution in [0.2, 0.25) is 0 Å². The molecular weight excluding hydrogens is 218 g/mol. The van der Waals surface area contributed by atoms with Gasteiger partial charge in [-0.15, -0.1) is 0 Å². The zero-order chi connectivity index (χ0) is 13.6. The second-order valence-electron chi connectivity index (χ2n) is 6.82. The SMILES string of the molecule is CC(C)(CC(=O)O)NC(=O)C1C(C)(C)C1(C)C. The second kappa shape index (κ2) is 3.72. The highest BCUT2D eigenvalue weighted by Crippen LogP contribution is 2.68. The molecule has 17 heavy (non-hydrogen) atoms. The van der Waals surface area contributed by atoms with E-state index in [-0.39, 0.29) is 29.1 Å². The molecule has 0 atom stereocenters. The molecule has 0 aromatic carbocycles. The van der Waals surface area contributed by atoms with Crippen molar-refractivity contribution >= 4 is 11.9 Å². The van der Waals surface area contributed by atoms with Gasteiger partial charge < -0.3 is 10.4 Å². The predicted octanol–water partition coefficient (Wildman–Crippen LogP) is 2.04. The molecule has 2 N–H and O–H groups in total. The number of nitrogens with one attached hydrogen (secondary N) is 1. The molecule has 1 fully saturated rings. The average molecular weight is 241 g/mol. The van der Waals surface area contributed by atoms with E-state index in [1.54, 1.807) is 13.8 Å². The maximum absolute atomic E-state index is 12.1. The first kappa shape index (κ1) is 14.0. The number of carboxylic acid groups (broad SMARTS) is 1. The van der Waals surface area contributed by atoms with Crippen LogP contribution in [0.25, 0.3) is 0 Å². The van der Waals surface area contributed by atoms with Crippen LogP contribution >= 0.6 is 0 Å². The van der Waals surface area contributed by atoms with E-state index in [0.29, 0.717) is 0 Å². The van der Waals surface area contributed by atoms with E-state index in [0.717, 1.165) is 0 Å². The number of carbonyl (C=O) groups is 2. The summed E-state index contributed by atoms with van der Waals surface area (Å²) in [5.74, 6) is -0.973. The van der Waals surface area contributed by atoms with E-state index in [4.69, 9.17) is 5.11 Å². The minimum Gasteiger partial charge on any atom is -0.481 e. The lowest BCUT2D eigenvalue weighted by Gasteiger charge is -2.24. The first-order chi connectivity index (χ1) is 7.42. The van der Waals surface area contributed by atoms with Gasteiger partial charge in [0.15, 0.2) is 0 Å². The van der Waals surface area contributed by atoms with E-state index in [2.05, 4.69) is 33.0 Å². The monoisotopic (exact) mass is 241 g/mol. The number of hydrogen-bond donors (Lipinski definition) is 2. The molecule has 0 unspecified atom stereocenters. The van der Waals surface area contributed by atoms with Gasteiger partial charge in [-0.1, -0.05) is 27.7 Å². The summed E-state index contributed by atoms with van der Waals surface area (Å²) in [6, 6.07) is 0. The quantitative estimate of drug-likeness (QED) is 0.791. The van der Waals surface area contributed by atoms with Crippen LogP contribution < -0.4 is 5.32 Å². The molecule has 1 saturated carbocycles. The fraction of sp³-hybridized carbons (Fsp3) is 0.846. The maximum Gasteiger partial charge on any atom is 0.305 e. The van der Waals surface area contributed by atoms with Crippen LogP contribution in [0, 0.1) is 16.7 Å². The van der Waals surface area contributed by atoms with Gasteiger partial charge in [-0.05, 0) is 24.7 Å². The molecule has 1 aliphatic carbocycles. The van der Waals surface area contributed by atoms with Crippen molar-refractivity contribution in [3.63, 3.8) is 0 Å². The molecule has 0 spiro atoms. The van der Waals surface area contributed by atoms with Crippen LogP contribution in [0.15, 0.2) is 0 Å². The normalized spacial score (nSPS) is 22.0. The van der Waals surface area contributed by atoms with Crippen molar-refractivity contribution in [3.8, 4) is 0 Å². The molecule has 1 rings (SSSR count). The molecule has 0 bridgehead atoms. The van der Waals surface area contributed by atoms with Crippen LogP contribution in [0.1, 0.15) is 48.0 Å². The average Bonchev–Trinajstić information content (AvgIpc) is 2.36. The van der Waals surface area contributed by atoms with Crippen molar-refractivity contribution in [2.75, 3.05) is 0 Å². The van der Waals surface area contributed by atoms with Gasteiger partial charge in [-0.2, -0.15) is 0 Å². The minimum absolute atomic E-state index is 0.0175. The van der Waals surface area contributed by atoms with Gasteiger partial charge in [0.2, 0.25) is 5.91 Å². The molecule has 0 aromatic heterocycles. The van der Waals surface area contributed by atoms with E-state index in [9.17, 15) is 9.59 Å². The minimum atomic E-state index is -0.899. The zero-order valence-electron chi connectivity index (χ0n) is 11.5. The van der Waals surface area contributed by atoms with Gasteiger partial charge in [0.25, 0.3) is 0 Å². The zero-order valence-corrected chi connectivity index (χ0v) is 11.5. The summed E-state index contributed by atoms with van der Waals surface area (Å²) in [6.07, 6.45) is -0.0632. The maximum atomic E-state index is 12.1. The molecule has 4 heteroatoms. The third kappa shape index (κ3) is 2.45. The highest BCUT2D eigenvalue weighted by Gasteiger charge is 2.68. The van der Waals surface area contributed by atoms with Gasteiger partial charge in [0, 0.05) is 11.5 Å². The topological polar surface area (TPSA) is 66.4 Å². The Morgan fingerprint density at radius 3 is 1.88 bits per heavy atom. The Labute approximate surface area is 103 Å². The Bertz CT molecular complexity index is 342. The molecule has 0 heterocycles. The van der Waals surface area contributed by atoms with E-state index in [1.807, 2.05) is 0 Å².